The van der Waals surface area contributed by atoms with Gasteiger partial charge in [0, 0.05) is 61.5 Å². The molecule has 4 rings (SSSR count). The number of urea groups is 1. The first kappa shape index (κ1) is 21.7. The minimum Gasteiger partial charge on any atom is -0.326 e. The summed E-state index contributed by atoms with van der Waals surface area (Å²) in [6.07, 6.45) is 1.36. The summed E-state index contributed by atoms with van der Waals surface area (Å²) in [5, 5.41) is 6.09. The van der Waals surface area contributed by atoms with E-state index in [0.29, 0.717) is 25.9 Å². The van der Waals surface area contributed by atoms with Gasteiger partial charge in [0.15, 0.2) is 0 Å². The Bertz CT molecular complexity index is 878. The van der Waals surface area contributed by atoms with E-state index in [0.717, 1.165) is 31.0 Å². The number of thioether (sulfide) groups is 1. The van der Waals surface area contributed by atoms with Crippen molar-refractivity contribution in [1.82, 2.24) is 9.80 Å². The highest BCUT2D eigenvalue weighted by atomic mass is 32.2. The maximum atomic E-state index is 12.9. The molecule has 2 aromatic rings. The molecule has 2 aliphatic heterocycles. The molecule has 0 saturated carbocycles. The van der Waals surface area contributed by atoms with E-state index in [1.54, 1.807) is 4.90 Å². The van der Waals surface area contributed by atoms with E-state index in [2.05, 4.69) is 21.6 Å². The molecule has 0 aliphatic carbocycles. The fraction of sp³-hybridized carbons (Fsp3) is 0.417. The van der Waals surface area contributed by atoms with Crippen molar-refractivity contribution in [3.05, 3.63) is 60.2 Å². The molecule has 0 spiro atoms. The number of likely N-dealkylation sites (tertiary alicyclic amines) is 1. The minimum atomic E-state index is -0.102. The zero-order chi connectivity index (χ0) is 21.5. The number of nitrogens with one attached hydrogen (secondary N) is 2. The number of hydrogen-bond donors (Lipinski definition) is 2. The second-order valence-electron chi connectivity index (χ2n) is 8.09. The lowest BCUT2D eigenvalue weighted by Crippen LogP contribution is -2.43. The lowest BCUT2D eigenvalue weighted by Gasteiger charge is -2.31. The Kier molecular flexibility index (Phi) is 7.48. The number of rotatable bonds is 5. The van der Waals surface area contributed by atoms with Crippen molar-refractivity contribution >= 4 is 35.1 Å². The molecule has 2 heterocycles. The number of amides is 3. The second-order valence-corrected chi connectivity index (χ2v) is 9.32. The molecule has 6 nitrogen and oxygen atoms in total. The Morgan fingerprint density at radius 2 is 1.55 bits per heavy atom. The standard InChI is InChI=1S/C24H30N4O2S/c29-23(26-22-9-5-4-6-20(22)18-27-14-16-31-17-15-27)19-10-12-28(13-11-19)24(30)25-21-7-2-1-3-8-21/h1-9,19H,10-18H2,(H,25,30)(H,26,29). The average molecular weight is 439 g/mol. The zero-order valence-electron chi connectivity index (χ0n) is 17.8. The number of nitrogens with zero attached hydrogens (tertiary/aromatic N) is 2. The summed E-state index contributed by atoms with van der Waals surface area (Å²) in [7, 11) is 0. The van der Waals surface area contributed by atoms with Gasteiger partial charge in [-0.2, -0.15) is 11.8 Å². The van der Waals surface area contributed by atoms with Gasteiger partial charge < -0.3 is 15.5 Å². The van der Waals surface area contributed by atoms with E-state index in [4.69, 9.17) is 0 Å². The molecule has 2 aliphatic rings. The quantitative estimate of drug-likeness (QED) is 0.737. The van der Waals surface area contributed by atoms with Gasteiger partial charge in [0.1, 0.15) is 0 Å². The van der Waals surface area contributed by atoms with Crippen molar-refractivity contribution in [2.75, 3.05) is 48.3 Å². The number of piperidine rings is 1. The van der Waals surface area contributed by atoms with Gasteiger partial charge in [-0.3, -0.25) is 9.69 Å². The highest BCUT2D eigenvalue weighted by Crippen LogP contribution is 2.23. The summed E-state index contributed by atoms with van der Waals surface area (Å²) in [6, 6.07) is 17.5. The first-order valence-corrected chi connectivity index (χ1v) is 12.1. The lowest BCUT2D eigenvalue weighted by atomic mass is 9.96. The van der Waals surface area contributed by atoms with Crippen LogP contribution in [-0.2, 0) is 11.3 Å². The predicted molar refractivity (Wildman–Crippen MR) is 127 cm³/mol. The van der Waals surface area contributed by atoms with E-state index < -0.39 is 0 Å². The summed E-state index contributed by atoms with van der Waals surface area (Å²) < 4.78 is 0. The Morgan fingerprint density at radius 3 is 2.29 bits per heavy atom. The fourth-order valence-corrected chi connectivity index (χ4v) is 5.06. The maximum Gasteiger partial charge on any atom is 0.321 e. The van der Waals surface area contributed by atoms with Crippen molar-refractivity contribution in [3.8, 4) is 0 Å². The van der Waals surface area contributed by atoms with Crippen LogP contribution in [0.4, 0.5) is 16.2 Å². The van der Waals surface area contributed by atoms with Crippen LogP contribution in [0.5, 0.6) is 0 Å². The molecule has 0 aromatic heterocycles. The van der Waals surface area contributed by atoms with Gasteiger partial charge in [-0.05, 0) is 36.6 Å². The molecule has 2 N–H and O–H groups in total. The Balaban J connectivity index is 1.29. The fourth-order valence-electron chi connectivity index (χ4n) is 4.08. The Labute approximate surface area is 188 Å². The molecule has 0 bridgehead atoms. The first-order valence-electron chi connectivity index (χ1n) is 11.0. The van der Waals surface area contributed by atoms with E-state index in [9.17, 15) is 9.59 Å². The van der Waals surface area contributed by atoms with E-state index in [1.807, 2.05) is 60.3 Å². The van der Waals surface area contributed by atoms with Gasteiger partial charge in [-0.25, -0.2) is 4.79 Å². The van der Waals surface area contributed by atoms with Gasteiger partial charge in [0.25, 0.3) is 0 Å². The topological polar surface area (TPSA) is 64.7 Å². The molecule has 0 atom stereocenters. The number of benzene rings is 2. The number of anilines is 2. The Morgan fingerprint density at radius 1 is 0.871 bits per heavy atom. The van der Waals surface area contributed by atoms with Crippen LogP contribution in [0.15, 0.2) is 54.6 Å². The van der Waals surface area contributed by atoms with Crippen molar-refractivity contribution < 1.29 is 9.59 Å². The highest BCUT2D eigenvalue weighted by Gasteiger charge is 2.28. The van der Waals surface area contributed by atoms with Crippen LogP contribution < -0.4 is 10.6 Å². The molecular weight excluding hydrogens is 408 g/mol. The van der Waals surface area contributed by atoms with Crippen LogP contribution in [0.3, 0.4) is 0 Å². The summed E-state index contributed by atoms with van der Waals surface area (Å²) in [6.45, 7) is 4.23. The summed E-state index contributed by atoms with van der Waals surface area (Å²) in [5.74, 6) is 2.33. The lowest BCUT2D eigenvalue weighted by molar-refractivity contribution is -0.121. The van der Waals surface area contributed by atoms with Crippen molar-refractivity contribution in [3.63, 3.8) is 0 Å². The second kappa shape index (κ2) is 10.7. The molecule has 0 unspecified atom stereocenters. The predicted octanol–water partition coefficient (Wildman–Crippen LogP) is 4.12. The van der Waals surface area contributed by atoms with Crippen molar-refractivity contribution in [1.29, 1.82) is 0 Å². The molecule has 2 fully saturated rings. The van der Waals surface area contributed by atoms with Crippen LogP contribution in [-0.4, -0.2) is 59.4 Å². The van der Waals surface area contributed by atoms with Crippen LogP contribution in [0.1, 0.15) is 18.4 Å². The normalized spacial score (nSPS) is 17.9. The molecule has 0 radical (unpaired) electrons. The third-order valence-electron chi connectivity index (χ3n) is 5.95. The van der Waals surface area contributed by atoms with Gasteiger partial charge >= 0.3 is 6.03 Å². The molecular formula is C24H30N4O2S. The molecule has 2 aromatic carbocycles. The number of para-hydroxylation sites is 2. The Hall–Kier alpha value is -2.51. The molecule has 2 saturated heterocycles. The minimum absolute atomic E-state index is 0.0600. The largest absolute Gasteiger partial charge is 0.326 e. The summed E-state index contributed by atoms with van der Waals surface area (Å²) in [5.41, 5.74) is 2.87. The van der Waals surface area contributed by atoms with Crippen molar-refractivity contribution in [2.45, 2.75) is 19.4 Å². The number of hydrogen-bond acceptors (Lipinski definition) is 4. The first-order chi connectivity index (χ1) is 15.2. The van der Waals surface area contributed by atoms with Gasteiger partial charge in [0.2, 0.25) is 5.91 Å². The van der Waals surface area contributed by atoms with E-state index in [-0.39, 0.29) is 17.9 Å². The van der Waals surface area contributed by atoms with Gasteiger partial charge in [-0.1, -0.05) is 36.4 Å². The molecule has 164 valence electrons. The van der Waals surface area contributed by atoms with Crippen molar-refractivity contribution in [2.24, 2.45) is 5.92 Å². The molecule has 3 amide bonds. The summed E-state index contributed by atoms with van der Waals surface area (Å²) in [4.78, 5) is 29.6. The van der Waals surface area contributed by atoms with Crippen LogP contribution >= 0.6 is 11.8 Å². The van der Waals surface area contributed by atoms with E-state index >= 15 is 0 Å². The monoisotopic (exact) mass is 438 g/mol. The average Bonchev–Trinajstić information content (AvgIpc) is 2.82. The smallest absolute Gasteiger partial charge is 0.321 e. The zero-order valence-corrected chi connectivity index (χ0v) is 18.6. The molecule has 31 heavy (non-hydrogen) atoms. The van der Waals surface area contributed by atoms with Crippen LogP contribution in [0, 0.1) is 5.92 Å². The van der Waals surface area contributed by atoms with Crippen LogP contribution in [0.2, 0.25) is 0 Å². The third-order valence-corrected chi connectivity index (χ3v) is 6.89. The number of carbonyl (C=O) groups excluding carboxylic acids is 2. The third kappa shape index (κ3) is 6.02. The highest BCUT2D eigenvalue weighted by molar-refractivity contribution is 7.99. The molecule has 7 heteroatoms. The van der Waals surface area contributed by atoms with Crippen LogP contribution in [0.25, 0.3) is 0 Å². The summed E-state index contributed by atoms with van der Waals surface area (Å²) >= 11 is 2.00. The maximum absolute atomic E-state index is 12.9. The van der Waals surface area contributed by atoms with E-state index in [1.165, 1.54) is 17.1 Å². The number of carbonyl (C=O) groups is 2. The van der Waals surface area contributed by atoms with Gasteiger partial charge in [-0.15, -0.1) is 0 Å². The SMILES string of the molecule is O=C(Nc1ccccc1CN1CCSCC1)C1CCN(C(=O)Nc2ccccc2)CC1. The van der Waals surface area contributed by atoms with Gasteiger partial charge in [0.05, 0.1) is 0 Å².